The van der Waals surface area contributed by atoms with Gasteiger partial charge in [0.2, 0.25) is 0 Å². The van der Waals surface area contributed by atoms with Gasteiger partial charge in [0.15, 0.2) is 0 Å². The van der Waals surface area contributed by atoms with Crippen LogP contribution in [-0.2, 0) is 0 Å². The van der Waals surface area contributed by atoms with E-state index in [4.69, 9.17) is 0 Å². The summed E-state index contributed by atoms with van der Waals surface area (Å²) in [6.07, 6.45) is 0. The number of thioether (sulfide) groups is 1. The van der Waals surface area contributed by atoms with Crippen molar-refractivity contribution in [3.63, 3.8) is 0 Å². The molecule has 0 aromatic heterocycles. The number of hydrogen-bond acceptors (Lipinski definition) is 1. The lowest BCUT2D eigenvalue weighted by Gasteiger charge is -1.92. The molecule has 0 fully saturated rings. The van der Waals surface area contributed by atoms with E-state index in [1.54, 1.807) is 11.8 Å². The fraction of sp³-hybridized carbons (Fsp3) is 0. The van der Waals surface area contributed by atoms with Crippen molar-refractivity contribution >= 4 is 27.7 Å². The third kappa shape index (κ3) is 3.44. The molecule has 0 aliphatic carbocycles. The van der Waals surface area contributed by atoms with Crippen molar-refractivity contribution < 1.29 is 0 Å². The third-order valence-corrected chi connectivity index (χ3v) is 3.19. The first-order valence-electron chi connectivity index (χ1n) is 4.83. The Bertz CT molecular complexity index is 506. The summed E-state index contributed by atoms with van der Waals surface area (Å²) in [6.45, 7) is 0. The van der Waals surface area contributed by atoms with Gasteiger partial charge >= 0.3 is 0 Å². The van der Waals surface area contributed by atoms with Crippen LogP contribution in [0.1, 0.15) is 5.56 Å². The maximum Gasteiger partial charge on any atom is 0.0255 e. The molecule has 2 heteroatoms. The number of halogens is 1. The van der Waals surface area contributed by atoms with Crippen molar-refractivity contribution in [1.29, 1.82) is 0 Å². The van der Waals surface area contributed by atoms with Crippen LogP contribution in [-0.4, -0.2) is 0 Å². The smallest absolute Gasteiger partial charge is 0.0255 e. The minimum Gasteiger partial charge on any atom is -0.0622 e. The molecule has 0 saturated heterocycles. The summed E-state index contributed by atoms with van der Waals surface area (Å²) in [6, 6.07) is 18.2. The minimum atomic E-state index is 1.03. The molecule has 0 bridgehead atoms. The van der Waals surface area contributed by atoms with Gasteiger partial charge in [0.05, 0.1) is 0 Å². The highest BCUT2D eigenvalue weighted by Gasteiger charge is 1.88. The Morgan fingerprint density at radius 1 is 0.875 bits per heavy atom. The molecule has 16 heavy (non-hydrogen) atoms. The van der Waals surface area contributed by atoms with Crippen molar-refractivity contribution in [3.05, 3.63) is 64.6 Å². The summed E-state index contributed by atoms with van der Waals surface area (Å²) in [7, 11) is 0. The number of hydrogen-bond donors (Lipinski definition) is 0. The molecule has 0 radical (unpaired) electrons. The van der Waals surface area contributed by atoms with Crippen LogP contribution >= 0.6 is 27.7 Å². The average molecular weight is 289 g/mol. The Balaban J connectivity index is 2.03. The summed E-state index contributed by atoms with van der Waals surface area (Å²) >= 11 is 4.94. The normalized spacial score (nSPS) is 9.31. The zero-order valence-corrected chi connectivity index (χ0v) is 10.9. The van der Waals surface area contributed by atoms with E-state index >= 15 is 0 Å². The molecular formula is C14H9BrS. The second-order valence-electron chi connectivity index (χ2n) is 3.15. The van der Waals surface area contributed by atoms with Gasteiger partial charge in [-0.25, -0.2) is 0 Å². The van der Waals surface area contributed by atoms with Crippen LogP contribution in [0.5, 0.6) is 0 Å². The molecule has 2 aromatic carbocycles. The van der Waals surface area contributed by atoms with Gasteiger partial charge < -0.3 is 0 Å². The zero-order valence-electron chi connectivity index (χ0n) is 8.48. The quantitative estimate of drug-likeness (QED) is 0.548. The summed E-state index contributed by atoms with van der Waals surface area (Å²) in [5.41, 5.74) is 1.03. The van der Waals surface area contributed by atoms with E-state index in [0.717, 1.165) is 10.0 Å². The van der Waals surface area contributed by atoms with Crippen LogP contribution in [0.2, 0.25) is 0 Å². The van der Waals surface area contributed by atoms with Crippen LogP contribution in [0.3, 0.4) is 0 Å². The minimum absolute atomic E-state index is 1.03. The van der Waals surface area contributed by atoms with Gasteiger partial charge in [-0.05, 0) is 53.4 Å². The molecule has 2 aromatic rings. The van der Waals surface area contributed by atoms with E-state index < -0.39 is 0 Å². The van der Waals surface area contributed by atoms with Gasteiger partial charge in [-0.3, -0.25) is 0 Å². The van der Waals surface area contributed by atoms with Gasteiger partial charge in [-0.1, -0.05) is 40.0 Å². The molecule has 0 spiro atoms. The highest BCUT2D eigenvalue weighted by molar-refractivity contribution is 9.10. The first-order chi connectivity index (χ1) is 7.84. The molecule has 0 unspecified atom stereocenters. The molecule has 0 heterocycles. The fourth-order valence-electron chi connectivity index (χ4n) is 1.17. The SMILES string of the molecule is Brc1ccc(C#CSc2ccccc2)cc1. The van der Waals surface area contributed by atoms with Crippen LogP contribution < -0.4 is 0 Å². The summed E-state index contributed by atoms with van der Waals surface area (Å²) in [5, 5.41) is 3.09. The lowest BCUT2D eigenvalue weighted by Crippen LogP contribution is -1.71. The Kier molecular flexibility index (Phi) is 4.10. The van der Waals surface area contributed by atoms with Crippen molar-refractivity contribution in [2.75, 3.05) is 0 Å². The van der Waals surface area contributed by atoms with Gasteiger partial charge in [0.25, 0.3) is 0 Å². The Hall–Kier alpha value is -1.17. The Morgan fingerprint density at radius 3 is 2.25 bits per heavy atom. The monoisotopic (exact) mass is 288 g/mol. The van der Waals surface area contributed by atoms with Crippen molar-refractivity contribution in [2.24, 2.45) is 0 Å². The fourth-order valence-corrected chi connectivity index (χ4v) is 2.01. The Morgan fingerprint density at radius 2 is 1.56 bits per heavy atom. The van der Waals surface area contributed by atoms with Crippen LogP contribution in [0.25, 0.3) is 0 Å². The zero-order chi connectivity index (χ0) is 11.2. The van der Waals surface area contributed by atoms with E-state index in [-0.39, 0.29) is 0 Å². The van der Waals surface area contributed by atoms with E-state index in [1.807, 2.05) is 42.5 Å². The Labute approximate surface area is 108 Å². The maximum atomic E-state index is 3.40. The molecule has 0 aliphatic rings. The average Bonchev–Trinajstić information content (AvgIpc) is 2.33. The van der Waals surface area contributed by atoms with Crippen molar-refractivity contribution in [2.45, 2.75) is 4.90 Å². The molecular weight excluding hydrogens is 280 g/mol. The molecule has 0 N–H and O–H groups in total. The summed E-state index contributed by atoms with van der Waals surface area (Å²) in [4.78, 5) is 1.17. The van der Waals surface area contributed by atoms with Crippen molar-refractivity contribution in [1.82, 2.24) is 0 Å². The lowest BCUT2D eigenvalue weighted by atomic mass is 10.2. The molecule has 78 valence electrons. The molecule has 0 saturated carbocycles. The highest BCUT2D eigenvalue weighted by atomic mass is 79.9. The summed E-state index contributed by atoms with van der Waals surface area (Å²) < 4.78 is 1.08. The van der Waals surface area contributed by atoms with Crippen molar-refractivity contribution in [3.8, 4) is 11.2 Å². The van der Waals surface area contributed by atoms with Gasteiger partial charge in [0.1, 0.15) is 0 Å². The van der Waals surface area contributed by atoms with Crippen LogP contribution in [0.15, 0.2) is 64.0 Å². The van der Waals surface area contributed by atoms with Gasteiger partial charge in [-0.2, -0.15) is 0 Å². The largest absolute Gasteiger partial charge is 0.0622 e. The first kappa shape index (κ1) is 11.3. The molecule has 0 aliphatic heterocycles. The second kappa shape index (κ2) is 5.79. The second-order valence-corrected chi connectivity index (χ2v) is 4.94. The van der Waals surface area contributed by atoms with Gasteiger partial charge in [-0.15, -0.1) is 0 Å². The lowest BCUT2D eigenvalue weighted by molar-refractivity contribution is 1.47. The molecule has 0 atom stereocenters. The maximum absolute atomic E-state index is 3.40. The standard InChI is InChI=1S/C14H9BrS/c15-13-8-6-12(7-9-13)10-11-16-14-4-2-1-3-5-14/h1-9H. The highest BCUT2D eigenvalue weighted by Crippen LogP contribution is 2.15. The molecule has 2 rings (SSSR count). The third-order valence-electron chi connectivity index (χ3n) is 1.95. The van der Waals surface area contributed by atoms with E-state index in [0.29, 0.717) is 0 Å². The molecule has 0 amide bonds. The molecule has 0 nitrogen and oxygen atoms in total. The first-order valence-corrected chi connectivity index (χ1v) is 6.44. The van der Waals surface area contributed by atoms with E-state index in [1.165, 1.54) is 4.90 Å². The van der Waals surface area contributed by atoms with E-state index in [9.17, 15) is 0 Å². The number of benzene rings is 2. The van der Waals surface area contributed by atoms with Crippen LogP contribution in [0, 0.1) is 11.2 Å². The topological polar surface area (TPSA) is 0 Å². The summed E-state index contributed by atoms with van der Waals surface area (Å²) in [5.74, 6) is 3.11. The van der Waals surface area contributed by atoms with Gasteiger partial charge in [0, 0.05) is 14.9 Å². The van der Waals surface area contributed by atoms with E-state index in [2.05, 4.69) is 39.2 Å². The predicted molar refractivity (Wildman–Crippen MR) is 73.3 cm³/mol. The van der Waals surface area contributed by atoms with Crippen LogP contribution in [0.4, 0.5) is 0 Å². The predicted octanol–water partition coefficient (Wildman–Crippen LogP) is 4.55. The number of rotatable bonds is 1.